The van der Waals surface area contributed by atoms with Gasteiger partial charge in [-0.1, -0.05) is 48.5 Å². The number of hydrogen-bond donors (Lipinski definition) is 1. The van der Waals surface area contributed by atoms with Crippen molar-refractivity contribution in [2.24, 2.45) is 0 Å². The predicted molar refractivity (Wildman–Crippen MR) is 98.9 cm³/mol. The average molecular weight is 310 g/mol. The minimum absolute atomic E-state index is 0.555. The summed E-state index contributed by atoms with van der Waals surface area (Å²) in [5.41, 5.74) is 8.20. The highest BCUT2D eigenvalue weighted by molar-refractivity contribution is 6.22. The Kier molecular flexibility index (Phi) is 2.65. The molecule has 2 N–H and O–H groups in total. The molecule has 0 aliphatic heterocycles. The van der Waals surface area contributed by atoms with Crippen LogP contribution in [-0.4, -0.2) is 4.98 Å². The molecule has 0 amide bonds. The Bertz CT molecular complexity index is 1210. The van der Waals surface area contributed by atoms with E-state index in [2.05, 4.69) is 24.3 Å². The van der Waals surface area contributed by atoms with Crippen molar-refractivity contribution in [3.05, 3.63) is 73.0 Å². The summed E-state index contributed by atoms with van der Waals surface area (Å²) >= 11 is 0. The molecule has 24 heavy (non-hydrogen) atoms. The number of nitrogen functional groups attached to an aromatic ring is 1. The summed E-state index contributed by atoms with van der Waals surface area (Å²) in [5, 5.41) is 5.36. The molecule has 2 aromatic heterocycles. The summed E-state index contributed by atoms with van der Waals surface area (Å²) in [6.45, 7) is 0. The summed E-state index contributed by atoms with van der Waals surface area (Å²) < 4.78 is 5.70. The average Bonchev–Trinajstić information content (AvgIpc) is 3.16. The first-order valence-electron chi connectivity index (χ1n) is 7.86. The molecule has 5 aromatic rings. The van der Waals surface area contributed by atoms with E-state index in [0.717, 1.165) is 43.8 Å². The van der Waals surface area contributed by atoms with Crippen molar-refractivity contribution in [3.8, 4) is 11.3 Å². The van der Waals surface area contributed by atoms with Crippen molar-refractivity contribution < 1.29 is 4.42 Å². The van der Waals surface area contributed by atoms with Gasteiger partial charge in [0.25, 0.3) is 0 Å². The van der Waals surface area contributed by atoms with Gasteiger partial charge in [-0.3, -0.25) is 0 Å². The second-order valence-electron chi connectivity index (χ2n) is 5.89. The van der Waals surface area contributed by atoms with Crippen LogP contribution in [0, 0.1) is 0 Å². The van der Waals surface area contributed by atoms with E-state index >= 15 is 0 Å². The van der Waals surface area contributed by atoms with Crippen LogP contribution in [0.1, 0.15) is 0 Å². The van der Waals surface area contributed by atoms with Gasteiger partial charge in [-0.05, 0) is 29.0 Å². The predicted octanol–water partition coefficient (Wildman–Crippen LogP) is 5.38. The smallest absolute Gasteiger partial charge is 0.134 e. The standard InChI is InChI=1S/C21H14N2O/c22-21-16-9-4-3-8-15(16)19-17(18-10-5-11-24-18)12-13-6-1-2-7-14(13)20(19)23-21/h1-12H,(H2,22,23). The van der Waals surface area contributed by atoms with E-state index in [-0.39, 0.29) is 0 Å². The lowest BCUT2D eigenvalue weighted by atomic mass is 9.95. The number of nitrogens with zero attached hydrogens (tertiary/aromatic N) is 1. The van der Waals surface area contributed by atoms with Crippen LogP contribution in [0.2, 0.25) is 0 Å². The normalized spacial score (nSPS) is 11.5. The van der Waals surface area contributed by atoms with Gasteiger partial charge in [0.05, 0.1) is 11.8 Å². The van der Waals surface area contributed by atoms with Crippen LogP contribution < -0.4 is 5.73 Å². The van der Waals surface area contributed by atoms with E-state index in [1.807, 2.05) is 42.5 Å². The number of fused-ring (bicyclic) bond motifs is 5. The van der Waals surface area contributed by atoms with Gasteiger partial charge < -0.3 is 10.2 Å². The maximum absolute atomic E-state index is 6.25. The van der Waals surface area contributed by atoms with Crippen molar-refractivity contribution in [2.75, 3.05) is 5.73 Å². The molecular weight excluding hydrogens is 296 g/mol. The highest BCUT2D eigenvalue weighted by atomic mass is 16.3. The van der Waals surface area contributed by atoms with Crippen LogP contribution in [0.5, 0.6) is 0 Å². The lowest BCUT2D eigenvalue weighted by Crippen LogP contribution is -1.95. The number of nitrogens with two attached hydrogens (primary N) is 1. The van der Waals surface area contributed by atoms with Crippen LogP contribution in [0.4, 0.5) is 5.82 Å². The molecule has 3 nitrogen and oxygen atoms in total. The van der Waals surface area contributed by atoms with Crippen molar-refractivity contribution in [1.29, 1.82) is 0 Å². The van der Waals surface area contributed by atoms with E-state index < -0.39 is 0 Å². The van der Waals surface area contributed by atoms with E-state index in [4.69, 9.17) is 15.1 Å². The largest absolute Gasteiger partial charge is 0.464 e. The highest BCUT2D eigenvalue weighted by Crippen LogP contribution is 2.39. The van der Waals surface area contributed by atoms with Crippen LogP contribution in [0.3, 0.4) is 0 Å². The molecule has 0 unspecified atom stereocenters. The minimum atomic E-state index is 0.555. The summed E-state index contributed by atoms with van der Waals surface area (Å²) in [7, 11) is 0. The second-order valence-corrected chi connectivity index (χ2v) is 5.89. The van der Waals surface area contributed by atoms with Gasteiger partial charge in [0, 0.05) is 21.7 Å². The number of pyridine rings is 1. The van der Waals surface area contributed by atoms with Crippen molar-refractivity contribution in [2.45, 2.75) is 0 Å². The van der Waals surface area contributed by atoms with E-state index in [1.165, 1.54) is 0 Å². The SMILES string of the molecule is Nc1nc2c3ccccc3cc(-c3ccco3)c2c2ccccc12. The van der Waals surface area contributed by atoms with E-state index in [0.29, 0.717) is 5.82 Å². The maximum atomic E-state index is 6.25. The third-order valence-electron chi connectivity index (χ3n) is 4.51. The fraction of sp³-hybridized carbons (Fsp3) is 0. The molecule has 0 saturated carbocycles. The lowest BCUT2D eigenvalue weighted by Gasteiger charge is -2.12. The molecule has 0 radical (unpaired) electrons. The molecule has 2 heterocycles. The summed E-state index contributed by atoms with van der Waals surface area (Å²) in [4.78, 5) is 4.74. The first-order chi connectivity index (χ1) is 11.8. The number of benzene rings is 3. The molecule has 3 heteroatoms. The van der Waals surface area contributed by atoms with Gasteiger partial charge in [0.2, 0.25) is 0 Å². The Morgan fingerprint density at radius 1 is 0.792 bits per heavy atom. The summed E-state index contributed by atoms with van der Waals surface area (Å²) in [6.07, 6.45) is 1.70. The van der Waals surface area contributed by atoms with Gasteiger partial charge in [0.15, 0.2) is 0 Å². The summed E-state index contributed by atoms with van der Waals surface area (Å²) in [6, 6.07) is 22.4. The Hall–Kier alpha value is -3.33. The first-order valence-corrected chi connectivity index (χ1v) is 7.86. The van der Waals surface area contributed by atoms with E-state index in [1.54, 1.807) is 6.26 Å². The van der Waals surface area contributed by atoms with Gasteiger partial charge in [-0.2, -0.15) is 0 Å². The monoisotopic (exact) mass is 310 g/mol. The topological polar surface area (TPSA) is 52.0 Å². The van der Waals surface area contributed by atoms with Gasteiger partial charge in [-0.15, -0.1) is 0 Å². The number of furan rings is 1. The third kappa shape index (κ3) is 1.75. The van der Waals surface area contributed by atoms with Crippen LogP contribution in [-0.2, 0) is 0 Å². The Labute approximate surface area is 138 Å². The quantitative estimate of drug-likeness (QED) is 0.423. The molecule has 3 aromatic carbocycles. The Morgan fingerprint density at radius 3 is 2.33 bits per heavy atom. The van der Waals surface area contributed by atoms with Crippen LogP contribution in [0.25, 0.3) is 43.8 Å². The molecule has 0 aliphatic carbocycles. The van der Waals surface area contributed by atoms with E-state index in [9.17, 15) is 0 Å². The maximum Gasteiger partial charge on any atom is 0.134 e. The van der Waals surface area contributed by atoms with Crippen molar-refractivity contribution >= 4 is 38.3 Å². The highest BCUT2D eigenvalue weighted by Gasteiger charge is 2.15. The van der Waals surface area contributed by atoms with Gasteiger partial charge in [0.1, 0.15) is 11.6 Å². The third-order valence-corrected chi connectivity index (χ3v) is 4.51. The number of anilines is 1. The number of hydrogen-bond acceptors (Lipinski definition) is 3. The Morgan fingerprint density at radius 2 is 1.54 bits per heavy atom. The van der Waals surface area contributed by atoms with Crippen LogP contribution in [0.15, 0.2) is 77.4 Å². The van der Waals surface area contributed by atoms with Crippen molar-refractivity contribution in [1.82, 2.24) is 4.98 Å². The molecular formula is C21H14N2O. The van der Waals surface area contributed by atoms with Crippen molar-refractivity contribution in [3.63, 3.8) is 0 Å². The molecule has 0 aliphatic rings. The molecule has 0 spiro atoms. The number of aromatic nitrogens is 1. The number of rotatable bonds is 1. The zero-order valence-electron chi connectivity index (χ0n) is 12.9. The zero-order chi connectivity index (χ0) is 16.1. The van der Waals surface area contributed by atoms with Gasteiger partial charge >= 0.3 is 0 Å². The Balaban J connectivity index is 2.12. The molecule has 0 bridgehead atoms. The minimum Gasteiger partial charge on any atom is -0.464 e. The lowest BCUT2D eigenvalue weighted by molar-refractivity contribution is 0.583. The molecule has 114 valence electrons. The van der Waals surface area contributed by atoms with Gasteiger partial charge in [-0.25, -0.2) is 4.98 Å². The van der Waals surface area contributed by atoms with Crippen LogP contribution >= 0.6 is 0 Å². The molecule has 5 rings (SSSR count). The molecule has 0 atom stereocenters. The fourth-order valence-corrected chi connectivity index (χ4v) is 3.45. The zero-order valence-corrected chi connectivity index (χ0v) is 12.9. The molecule has 0 saturated heterocycles. The summed E-state index contributed by atoms with van der Waals surface area (Å²) in [5.74, 6) is 1.39. The second kappa shape index (κ2) is 4.83. The fourth-order valence-electron chi connectivity index (χ4n) is 3.45. The first kappa shape index (κ1) is 13.1. The molecule has 0 fully saturated rings.